The number of fused-ring (bicyclic) bond motifs is 1. The van der Waals surface area contributed by atoms with Crippen LogP contribution in [-0.4, -0.2) is 59.9 Å². The molecule has 1 aliphatic heterocycles. The Labute approximate surface area is 135 Å². The van der Waals surface area contributed by atoms with Crippen LogP contribution in [0.4, 0.5) is 16.2 Å². The van der Waals surface area contributed by atoms with Gasteiger partial charge >= 0.3 is 0 Å². The molecule has 23 heavy (non-hydrogen) atoms. The predicted molar refractivity (Wildman–Crippen MR) is 84.8 cm³/mol. The average Bonchev–Trinajstić information content (AvgIpc) is 3.17. The highest BCUT2D eigenvalue weighted by atomic mass is 32.2. The maximum Gasteiger partial charge on any atom is 0.224 e. The lowest BCUT2D eigenvalue weighted by Gasteiger charge is -2.15. The van der Waals surface area contributed by atoms with Crippen LogP contribution in [0.5, 0.6) is 0 Å². The van der Waals surface area contributed by atoms with Crippen LogP contribution in [0.25, 0.3) is 11.2 Å². The van der Waals surface area contributed by atoms with Crippen LogP contribution >= 0.6 is 11.8 Å². The van der Waals surface area contributed by atoms with Crippen molar-refractivity contribution in [3.63, 3.8) is 0 Å². The first-order chi connectivity index (χ1) is 11.1. The van der Waals surface area contributed by atoms with Crippen molar-refractivity contribution in [2.24, 2.45) is 0 Å². The van der Waals surface area contributed by atoms with E-state index in [2.05, 4.69) is 20.3 Å². The van der Waals surface area contributed by atoms with Crippen LogP contribution < -0.4 is 11.1 Å². The Morgan fingerprint density at radius 3 is 2.87 bits per heavy atom. The number of nitrogens with two attached hydrogens (primary N) is 1. The van der Waals surface area contributed by atoms with Gasteiger partial charge in [-0.1, -0.05) is 0 Å². The largest absolute Gasteiger partial charge is 0.395 e. The van der Waals surface area contributed by atoms with Crippen LogP contribution in [0.15, 0.2) is 6.33 Å². The minimum absolute atomic E-state index is 0.0834. The molecular formula is C13H17FN6O2S. The molecule has 1 saturated heterocycles. The van der Waals surface area contributed by atoms with Crippen molar-refractivity contribution in [1.82, 2.24) is 19.5 Å². The van der Waals surface area contributed by atoms with Crippen LogP contribution in [0.1, 0.15) is 18.2 Å². The highest BCUT2D eigenvalue weighted by Gasteiger charge is 2.45. The van der Waals surface area contributed by atoms with Crippen molar-refractivity contribution < 1.29 is 14.6 Å². The van der Waals surface area contributed by atoms with Gasteiger partial charge in [-0.15, -0.1) is 11.8 Å². The molecule has 124 valence electrons. The Kier molecular flexibility index (Phi) is 3.54. The van der Waals surface area contributed by atoms with Crippen molar-refractivity contribution in [2.45, 2.75) is 41.8 Å². The van der Waals surface area contributed by atoms with E-state index in [9.17, 15) is 14.6 Å². The molecule has 10 heteroatoms. The summed E-state index contributed by atoms with van der Waals surface area (Å²) in [5, 5.41) is 21.1. The average molecular weight is 340 g/mol. The molecule has 1 saturated carbocycles. The quantitative estimate of drug-likeness (QED) is 0.626. The second kappa shape index (κ2) is 5.46. The van der Waals surface area contributed by atoms with E-state index in [0.29, 0.717) is 23.0 Å². The summed E-state index contributed by atoms with van der Waals surface area (Å²) in [6.45, 7) is -0.291. The highest BCUT2D eigenvalue weighted by molar-refractivity contribution is 8.00. The lowest BCUT2D eigenvalue weighted by atomic mass is 10.1. The fourth-order valence-corrected chi connectivity index (χ4v) is 4.07. The SMILES string of the molecule is Nc1nc(NC2CC2)c2ncn([C@H]3S[C@@H](CO)[C@@H](O)[C@H]3F)c2n1. The van der Waals surface area contributed by atoms with Crippen molar-refractivity contribution in [3.8, 4) is 0 Å². The summed E-state index contributed by atoms with van der Waals surface area (Å²) in [4.78, 5) is 12.6. The zero-order valence-corrected chi connectivity index (χ0v) is 12.9. The molecule has 0 spiro atoms. The number of thioether (sulfide) groups is 1. The van der Waals surface area contributed by atoms with Crippen molar-refractivity contribution in [1.29, 1.82) is 0 Å². The summed E-state index contributed by atoms with van der Waals surface area (Å²) >= 11 is 1.16. The van der Waals surface area contributed by atoms with Crippen LogP contribution in [0.3, 0.4) is 0 Å². The Morgan fingerprint density at radius 1 is 1.43 bits per heavy atom. The van der Waals surface area contributed by atoms with Crippen molar-refractivity contribution in [2.75, 3.05) is 17.7 Å². The van der Waals surface area contributed by atoms with Crippen LogP contribution in [0.2, 0.25) is 0 Å². The minimum Gasteiger partial charge on any atom is -0.395 e. The maximum atomic E-state index is 14.4. The summed E-state index contributed by atoms with van der Waals surface area (Å²) in [7, 11) is 0. The molecule has 0 unspecified atom stereocenters. The van der Waals surface area contributed by atoms with E-state index in [1.54, 1.807) is 4.57 Å². The monoisotopic (exact) mass is 340 g/mol. The summed E-state index contributed by atoms with van der Waals surface area (Å²) < 4.78 is 16.0. The third-order valence-electron chi connectivity index (χ3n) is 4.10. The number of aliphatic hydroxyl groups excluding tert-OH is 2. The number of nitrogen functional groups attached to an aromatic ring is 1. The highest BCUT2D eigenvalue weighted by Crippen LogP contribution is 2.44. The van der Waals surface area contributed by atoms with Gasteiger partial charge in [-0.3, -0.25) is 4.57 Å². The van der Waals surface area contributed by atoms with Crippen molar-refractivity contribution >= 4 is 34.7 Å². The summed E-state index contributed by atoms with van der Waals surface area (Å²) in [6.07, 6.45) is 0.873. The standard InChI is InChI=1S/C13H17FN6O2S/c14-7-9(22)6(3-21)23-12(7)20-4-16-8-10(17-5-1-2-5)18-13(15)19-11(8)20/h4-7,9,12,21-22H,1-3H2,(H3,15,17,18,19)/t6-,7+,9+,12-/m0/s1. The predicted octanol–water partition coefficient (Wildman–Crippen LogP) is 0.288. The number of aliphatic hydroxyl groups is 2. The zero-order chi connectivity index (χ0) is 16.1. The van der Waals surface area contributed by atoms with Gasteiger partial charge in [0.2, 0.25) is 5.95 Å². The molecule has 2 aromatic heterocycles. The van der Waals surface area contributed by atoms with E-state index in [0.717, 1.165) is 24.6 Å². The first kappa shape index (κ1) is 14.9. The first-order valence-electron chi connectivity index (χ1n) is 7.43. The van der Waals surface area contributed by atoms with Crippen LogP contribution in [0, 0.1) is 0 Å². The molecule has 5 N–H and O–H groups in total. The number of halogens is 1. The summed E-state index contributed by atoms with van der Waals surface area (Å²) in [5.74, 6) is 0.631. The van der Waals surface area contributed by atoms with Gasteiger partial charge in [0.05, 0.1) is 18.2 Å². The molecule has 0 aromatic carbocycles. The second-order valence-corrected chi connectivity index (χ2v) is 7.22. The smallest absolute Gasteiger partial charge is 0.224 e. The fraction of sp³-hybridized carbons (Fsp3) is 0.615. The number of alkyl halides is 1. The van der Waals surface area contributed by atoms with E-state index in [-0.39, 0.29) is 12.6 Å². The summed E-state index contributed by atoms with van der Waals surface area (Å²) in [6, 6.07) is 0.369. The normalized spacial score (nSPS) is 30.9. The molecule has 2 fully saturated rings. The minimum atomic E-state index is -1.52. The molecular weight excluding hydrogens is 323 g/mol. The number of aromatic nitrogens is 4. The number of imidazole rings is 1. The Bertz CT molecular complexity index is 739. The van der Waals surface area contributed by atoms with Gasteiger partial charge in [-0.05, 0) is 12.8 Å². The number of nitrogens with one attached hydrogen (secondary N) is 1. The van der Waals surface area contributed by atoms with Gasteiger partial charge in [0, 0.05) is 6.04 Å². The van der Waals surface area contributed by atoms with E-state index in [1.165, 1.54) is 6.33 Å². The fourth-order valence-electron chi connectivity index (χ4n) is 2.72. The van der Waals surface area contributed by atoms with Gasteiger partial charge in [0.15, 0.2) is 23.2 Å². The third-order valence-corrected chi connectivity index (χ3v) is 5.65. The number of hydrogen-bond acceptors (Lipinski definition) is 8. The maximum absolute atomic E-state index is 14.4. The molecule has 4 rings (SSSR count). The molecule has 0 bridgehead atoms. The van der Waals surface area contributed by atoms with E-state index >= 15 is 0 Å². The molecule has 2 aliphatic rings. The molecule has 8 nitrogen and oxygen atoms in total. The number of nitrogens with zero attached hydrogens (tertiary/aromatic N) is 4. The first-order valence-corrected chi connectivity index (χ1v) is 8.38. The van der Waals surface area contributed by atoms with Gasteiger partial charge in [0.1, 0.15) is 11.5 Å². The Morgan fingerprint density at radius 2 is 2.22 bits per heavy atom. The van der Waals surface area contributed by atoms with E-state index in [4.69, 9.17) is 5.73 Å². The zero-order valence-electron chi connectivity index (χ0n) is 12.1. The third kappa shape index (κ3) is 2.50. The number of hydrogen-bond donors (Lipinski definition) is 4. The second-order valence-electron chi connectivity index (χ2n) is 5.86. The molecule has 4 atom stereocenters. The van der Waals surface area contributed by atoms with E-state index < -0.39 is 22.9 Å². The number of anilines is 2. The molecule has 0 amide bonds. The van der Waals surface area contributed by atoms with Crippen molar-refractivity contribution in [3.05, 3.63) is 6.33 Å². The summed E-state index contributed by atoms with van der Waals surface area (Å²) in [5.41, 5.74) is 6.72. The number of rotatable bonds is 4. The lowest BCUT2D eigenvalue weighted by Crippen LogP contribution is -2.29. The van der Waals surface area contributed by atoms with Gasteiger partial charge in [-0.25, -0.2) is 9.37 Å². The van der Waals surface area contributed by atoms with E-state index in [1.807, 2.05) is 0 Å². The van der Waals surface area contributed by atoms with Gasteiger partial charge < -0.3 is 21.3 Å². The van der Waals surface area contributed by atoms with Gasteiger partial charge in [-0.2, -0.15) is 9.97 Å². The molecule has 0 radical (unpaired) electrons. The molecule has 1 aliphatic carbocycles. The Balaban J connectivity index is 1.74. The topological polar surface area (TPSA) is 122 Å². The molecule has 3 heterocycles. The van der Waals surface area contributed by atoms with Gasteiger partial charge in [0.25, 0.3) is 0 Å². The lowest BCUT2D eigenvalue weighted by molar-refractivity contribution is 0.0642. The Hall–Kier alpha value is -1.65. The van der Waals surface area contributed by atoms with Crippen LogP contribution in [-0.2, 0) is 0 Å². The molecule has 2 aromatic rings.